The summed E-state index contributed by atoms with van der Waals surface area (Å²) in [7, 11) is 0. The SMILES string of the molecule is CC(C)(C)OC(=O)N1CC(Cl)C2OCC(=O)C21. The van der Waals surface area contributed by atoms with Gasteiger partial charge in [0.1, 0.15) is 24.4 Å². The van der Waals surface area contributed by atoms with Gasteiger partial charge in [-0.1, -0.05) is 0 Å². The predicted octanol–water partition coefficient (Wildman–Crippen LogP) is 1.18. The fourth-order valence-corrected chi connectivity index (χ4v) is 2.46. The summed E-state index contributed by atoms with van der Waals surface area (Å²) in [5, 5.41) is -0.348. The second kappa shape index (κ2) is 4.14. The van der Waals surface area contributed by atoms with Crippen molar-refractivity contribution in [3.63, 3.8) is 0 Å². The highest BCUT2D eigenvalue weighted by Gasteiger charge is 2.52. The first-order valence-electron chi connectivity index (χ1n) is 5.57. The molecule has 0 bridgehead atoms. The summed E-state index contributed by atoms with van der Waals surface area (Å²) in [5.74, 6) is -0.107. The number of carbonyl (C=O) groups is 2. The summed E-state index contributed by atoms with van der Waals surface area (Å²) in [4.78, 5) is 25.0. The third kappa shape index (κ3) is 2.40. The van der Waals surface area contributed by atoms with E-state index in [1.807, 2.05) is 0 Å². The van der Waals surface area contributed by atoms with Crippen molar-refractivity contribution in [3.05, 3.63) is 0 Å². The van der Waals surface area contributed by atoms with E-state index in [0.717, 1.165) is 0 Å². The molecule has 2 aliphatic rings. The molecule has 2 saturated heterocycles. The molecule has 1 amide bonds. The van der Waals surface area contributed by atoms with Gasteiger partial charge in [-0.3, -0.25) is 9.69 Å². The first kappa shape index (κ1) is 12.6. The Labute approximate surface area is 105 Å². The van der Waals surface area contributed by atoms with Crippen LogP contribution in [0.1, 0.15) is 20.8 Å². The smallest absolute Gasteiger partial charge is 0.411 e. The lowest BCUT2D eigenvalue weighted by molar-refractivity contribution is -0.121. The molecule has 0 N–H and O–H groups in total. The molecular formula is C11H16ClNO4. The molecule has 2 heterocycles. The van der Waals surface area contributed by atoms with Gasteiger partial charge in [-0.05, 0) is 20.8 Å². The Bertz CT molecular complexity index is 352. The zero-order valence-corrected chi connectivity index (χ0v) is 10.9. The average Bonchev–Trinajstić information content (AvgIpc) is 2.67. The minimum Gasteiger partial charge on any atom is -0.444 e. The highest BCUT2D eigenvalue weighted by atomic mass is 35.5. The van der Waals surface area contributed by atoms with E-state index in [1.54, 1.807) is 20.8 Å². The average molecular weight is 262 g/mol. The topological polar surface area (TPSA) is 55.8 Å². The maximum absolute atomic E-state index is 11.9. The minimum absolute atomic E-state index is 0.0256. The standard InChI is InChI=1S/C11H16ClNO4/c1-11(2,3)17-10(15)13-4-6(12)9-8(13)7(14)5-16-9/h6,8-9H,4-5H2,1-3H3. The normalized spacial score (nSPS) is 32.8. The van der Waals surface area contributed by atoms with E-state index in [2.05, 4.69) is 0 Å². The lowest BCUT2D eigenvalue weighted by Crippen LogP contribution is -2.44. The van der Waals surface area contributed by atoms with E-state index in [9.17, 15) is 9.59 Å². The molecule has 0 aromatic rings. The van der Waals surface area contributed by atoms with E-state index in [-0.39, 0.29) is 24.3 Å². The number of amides is 1. The molecule has 0 aromatic heterocycles. The number of hydrogen-bond acceptors (Lipinski definition) is 4. The van der Waals surface area contributed by atoms with Gasteiger partial charge in [-0.15, -0.1) is 11.6 Å². The molecule has 3 unspecified atom stereocenters. The lowest BCUT2D eigenvalue weighted by atomic mass is 10.1. The molecule has 0 aliphatic carbocycles. The van der Waals surface area contributed by atoms with Crippen molar-refractivity contribution in [2.24, 2.45) is 0 Å². The van der Waals surface area contributed by atoms with E-state index in [4.69, 9.17) is 21.1 Å². The minimum atomic E-state index is -0.584. The Morgan fingerprint density at radius 2 is 2.18 bits per heavy atom. The van der Waals surface area contributed by atoms with Gasteiger partial charge in [0.05, 0.1) is 5.38 Å². The van der Waals surface area contributed by atoms with Crippen LogP contribution < -0.4 is 0 Å². The van der Waals surface area contributed by atoms with Gasteiger partial charge in [0.25, 0.3) is 0 Å². The van der Waals surface area contributed by atoms with Crippen molar-refractivity contribution >= 4 is 23.5 Å². The predicted molar refractivity (Wildman–Crippen MR) is 61.1 cm³/mol. The number of hydrogen-bond donors (Lipinski definition) is 0. The number of fused-ring (bicyclic) bond motifs is 1. The monoisotopic (exact) mass is 261 g/mol. The molecule has 2 fully saturated rings. The molecule has 2 rings (SSSR count). The zero-order chi connectivity index (χ0) is 12.8. The van der Waals surface area contributed by atoms with Crippen molar-refractivity contribution in [2.45, 2.75) is 43.9 Å². The Hall–Kier alpha value is -0.810. The molecular weight excluding hydrogens is 246 g/mol. The fourth-order valence-electron chi connectivity index (χ4n) is 2.11. The molecule has 0 saturated carbocycles. The first-order valence-corrected chi connectivity index (χ1v) is 6.01. The molecule has 0 radical (unpaired) electrons. The highest BCUT2D eigenvalue weighted by Crippen LogP contribution is 2.31. The summed E-state index contributed by atoms with van der Waals surface area (Å²) >= 11 is 6.06. The van der Waals surface area contributed by atoms with Crippen LogP contribution in [-0.2, 0) is 14.3 Å². The third-order valence-corrected chi connectivity index (χ3v) is 3.14. The quantitative estimate of drug-likeness (QED) is 0.615. The Morgan fingerprint density at radius 3 is 2.76 bits per heavy atom. The summed E-state index contributed by atoms with van der Waals surface area (Å²) < 4.78 is 10.5. The van der Waals surface area contributed by atoms with Gasteiger partial charge in [-0.25, -0.2) is 4.79 Å². The zero-order valence-electron chi connectivity index (χ0n) is 10.1. The number of likely N-dealkylation sites (tertiary alicyclic amines) is 1. The van der Waals surface area contributed by atoms with Gasteiger partial charge in [-0.2, -0.15) is 0 Å². The maximum Gasteiger partial charge on any atom is 0.411 e. The van der Waals surface area contributed by atoms with Crippen molar-refractivity contribution < 1.29 is 19.1 Å². The molecule has 6 heteroatoms. The number of carbonyl (C=O) groups excluding carboxylic acids is 2. The largest absolute Gasteiger partial charge is 0.444 e. The maximum atomic E-state index is 11.9. The number of Topliss-reactive ketones (excluding diaryl/α,β-unsaturated/α-hetero) is 1. The molecule has 0 spiro atoms. The van der Waals surface area contributed by atoms with Crippen LogP contribution in [0.3, 0.4) is 0 Å². The van der Waals surface area contributed by atoms with Crippen LogP contribution in [0.2, 0.25) is 0 Å². The third-order valence-electron chi connectivity index (χ3n) is 2.75. The summed E-state index contributed by atoms with van der Waals surface area (Å²) in [6.07, 6.45) is -0.897. The van der Waals surface area contributed by atoms with Crippen molar-refractivity contribution in [1.29, 1.82) is 0 Å². The summed E-state index contributed by atoms with van der Waals surface area (Å²) in [6.45, 7) is 5.66. The van der Waals surface area contributed by atoms with Crippen LogP contribution in [0.25, 0.3) is 0 Å². The molecule has 0 aromatic carbocycles. The van der Waals surface area contributed by atoms with E-state index >= 15 is 0 Å². The molecule has 17 heavy (non-hydrogen) atoms. The van der Waals surface area contributed by atoms with Crippen LogP contribution in [0.5, 0.6) is 0 Å². The van der Waals surface area contributed by atoms with Crippen LogP contribution in [0.4, 0.5) is 4.79 Å². The second-order valence-electron chi connectivity index (χ2n) is 5.34. The van der Waals surface area contributed by atoms with Crippen LogP contribution >= 0.6 is 11.6 Å². The van der Waals surface area contributed by atoms with E-state index < -0.39 is 23.8 Å². The van der Waals surface area contributed by atoms with Crippen molar-refractivity contribution in [1.82, 2.24) is 4.90 Å². The van der Waals surface area contributed by atoms with Gasteiger partial charge < -0.3 is 9.47 Å². The number of alkyl halides is 1. The number of ether oxygens (including phenoxy) is 2. The second-order valence-corrected chi connectivity index (χ2v) is 5.90. The van der Waals surface area contributed by atoms with Crippen molar-refractivity contribution in [3.8, 4) is 0 Å². The van der Waals surface area contributed by atoms with Gasteiger partial charge in [0.15, 0.2) is 5.78 Å². The van der Waals surface area contributed by atoms with Gasteiger partial charge >= 0.3 is 6.09 Å². The highest BCUT2D eigenvalue weighted by molar-refractivity contribution is 6.22. The Morgan fingerprint density at radius 1 is 1.53 bits per heavy atom. The van der Waals surface area contributed by atoms with Crippen molar-refractivity contribution in [2.75, 3.05) is 13.2 Å². The lowest BCUT2D eigenvalue weighted by Gasteiger charge is -2.26. The number of halogens is 1. The Kier molecular flexibility index (Phi) is 3.08. The first-order chi connectivity index (χ1) is 7.79. The number of nitrogens with zero attached hydrogens (tertiary/aromatic N) is 1. The summed E-state index contributed by atoms with van der Waals surface area (Å²) in [5.41, 5.74) is -0.584. The summed E-state index contributed by atoms with van der Waals surface area (Å²) in [6, 6.07) is -0.577. The molecule has 2 aliphatic heterocycles. The number of ketones is 1. The van der Waals surface area contributed by atoms with E-state index in [0.29, 0.717) is 0 Å². The van der Waals surface area contributed by atoms with Crippen LogP contribution in [0, 0.1) is 0 Å². The van der Waals surface area contributed by atoms with Crippen LogP contribution in [-0.4, -0.2) is 53.1 Å². The van der Waals surface area contributed by atoms with Gasteiger partial charge in [0, 0.05) is 6.54 Å². The molecule has 5 nitrogen and oxygen atoms in total. The number of rotatable bonds is 0. The fraction of sp³-hybridized carbons (Fsp3) is 0.818. The Balaban J connectivity index is 2.11. The van der Waals surface area contributed by atoms with E-state index in [1.165, 1.54) is 4.90 Å². The van der Waals surface area contributed by atoms with Gasteiger partial charge in [0.2, 0.25) is 0 Å². The molecule has 3 atom stereocenters. The van der Waals surface area contributed by atoms with Crippen LogP contribution in [0.15, 0.2) is 0 Å². The molecule has 96 valence electrons.